The smallest absolute Gasteiger partial charge is 0.364 e. The van der Waals surface area contributed by atoms with Gasteiger partial charge in [0.05, 0.1) is 36.6 Å². The first-order chi connectivity index (χ1) is 21.7. The Hall–Kier alpha value is -1.86. The van der Waals surface area contributed by atoms with E-state index in [1.807, 2.05) is 0 Å². The lowest BCUT2D eigenvalue weighted by atomic mass is 9.53. The van der Waals surface area contributed by atoms with Crippen LogP contribution in [-0.4, -0.2) is 103 Å². The van der Waals surface area contributed by atoms with Crippen molar-refractivity contribution in [3.8, 4) is 0 Å². The van der Waals surface area contributed by atoms with Gasteiger partial charge in [0.1, 0.15) is 35.7 Å². The SMILES string of the molecule is C/C=C(\C)C(O)C(O)C1C(O)C(O)C(C)CCCCC2OC2(C)C2C3OC3C3CC(C)CC(C)C3C2C(O)=C2C(=O)CN1OC2=O. The van der Waals surface area contributed by atoms with Crippen LogP contribution in [-0.2, 0) is 23.9 Å². The molecule has 2 aliphatic carbocycles. The maximum atomic E-state index is 13.9. The highest BCUT2D eigenvalue weighted by Crippen LogP contribution is 2.65. The van der Waals surface area contributed by atoms with Crippen LogP contribution in [0, 0.1) is 41.4 Å². The van der Waals surface area contributed by atoms with Crippen molar-refractivity contribution in [2.24, 2.45) is 41.4 Å². The van der Waals surface area contributed by atoms with Crippen LogP contribution in [0.3, 0.4) is 0 Å². The van der Waals surface area contributed by atoms with Crippen LogP contribution in [0.4, 0.5) is 0 Å². The summed E-state index contributed by atoms with van der Waals surface area (Å²) in [5, 5.41) is 57.9. The third-order valence-corrected chi connectivity index (χ3v) is 12.5. The fourth-order valence-corrected chi connectivity index (χ4v) is 9.84. The van der Waals surface area contributed by atoms with E-state index in [2.05, 4.69) is 20.8 Å². The fourth-order valence-electron chi connectivity index (χ4n) is 9.84. The van der Waals surface area contributed by atoms with Gasteiger partial charge in [-0.1, -0.05) is 39.7 Å². The topological polar surface area (TPSA) is 173 Å². The predicted octanol–water partition coefficient (Wildman–Crippen LogP) is 2.60. The molecule has 5 fully saturated rings. The molecule has 46 heavy (non-hydrogen) atoms. The van der Waals surface area contributed by atoms with Crippen molar-refractivity contribution in [3.63, 3.8) is 0 Å². The van der Waals surface area contributed by atoms with Gasteiger partial charge in [0.15, 0.2) is 5.78 Å². The summed E-state index contributed by atoms with van der Waals surface area (Å²) in [5.41, 5.74) is -0.616. The number of Topliss-reactive ketones (excluding diaryl/α,β-unsaturated/α-hetero) is 1. The van der Waals surface area contributed by atoms with Crippen molar-refractivity contribution >= 4 is 11.8 Å². The van der Waals surface area contributed by atoms with Crippen molar-refractivity contribution in [1.29, 1.82) is 0 Å². The monoisotopic (exact) mass is 647 g/mol. The van der Waals surface area contributed by atoms with Gasteiger partial charge < -0.3 is 39.8 Å². The Bertz CT molecular complexity index is 1250. The molecule has 3 saturated heterocycles. The lowest BCUT2D eigenvalue weighted by molar-refractivity contribution is -0.238. The fraction of sp³-hybridized carbons (Fsp3) is 0.829. The van der Waals surface area contributed by atoms with E-state index in [9.17, 15) is 35.1 Å². The number of aliphatic hydroxyl groups excluding tert-OH is 5. The molecule has 17 unspecified atom stereocenters. The highest BCUT2D eigenvalue weighted by Gasteiger charge is 2.73. The van der Waals surface area contributed by atoms with E-state index in [0.29, 0.717) is 17.9 Å². The number of allylic oxidation sites excluding steroid dienone is 2. The van der Waals surface area contributed by atoms with Crippen molar-refractivity contribution in [1.82, 2.24) is 5.06 Å². The Balaban J connectivity index is 1.42. The van der Waals surface area contributed by atoms with Gasteiger partial charge in [-0.05, 0) is 81.6 Å². The number of carbonyl (C=O) groups excluding carboxylic acids is 2. The van der Waals surface area contributed by atoms with Gasteiger partial charge in [-0.2, -0.15) is 0 Å². The number of hydrogen-bond acceptors (Lipinski definition) is 11. The Morgan fingerprint density at radius 1 is 1.02 bits per heavy atom. The van der Waals surface area contributed by atoms with Gasteiger partial charge in [-0.3, -0.25) is 4.79 Å². The van der Waals surface area contributed by atoms with Crippen LogP contribution in [0.2, 0.25) is 0 Å². The minimum atomic E-state index is -1.71. The van der Waals surface area contributed by atoms with E-state index >= 15 is 0 Å². The lowest BCUT2D eigenvalue weighted by Gasteiger charge is -2.49. The minimum Gasteiger partial charge on any atom is -0.511 e. The number of fused-ring (bicyclic) bond motifs is 12. The van der Waals surface area contributed by atoms with Crippen molar-refractivity contribution in [2.75, 3.05) is 6.54 Å². The lowest BCUT2D eigenvalue weighted by Crippen LogP contribution is -2.62. The van der Waals surface area contributed by atoms with E-state index in [1.54, 1.807) is 26.8 Å². The highest BCUT2D eigenvalue weighted by molar-refractivity contribution is 6.19. The molecule has 7 aliphatic rings. The predicted molar refractivity (Wildman–Crippen MR) is 166 cm³/mol. The second kappa shape index (κ2) is 12.5. The zero-order chi connectivity index (χ0) is 33.4. The van der Waals surface area contributed by atoms with Gasteiger partial charge >= 0.3 is 5.97 Å². The van der Waals surface area contributed by atoms with Crippen molar-refractivity contribution in [2.45, 2.75) is 134 Å². The van der Waals surface area contributed by atoms with Gasteiger partial charge in [0.2, 0.25) is 0 Å². The average Bonchev–Trinajstić information content (AvgIpc) is 3.92. The first kappa shape index (κ1) is 34.0. The molecule has 2 saturated carbocycles. The molecule has 5 N–H and O–H groups in total. The quantitative estimate of drug-likeness (QED) is 0.173. The molecule has 5 aliphatic heterocycles. The Kier molecular flexibility index (Phi) is 9.28. The third kappa shape index (κ3) is 5.67. The zero-order valence-corrected chi connectivity index (χ0v) is 27.9. The van der Waals surface area contributed by atoms with Gasteiger partial charge in [0.25, 0.3) is 0 Å². The number of ether oxygens (including phenoxy) is 2. The summed E-state index contributed by atoms with van der Waals surface area (Å²) in [6.45, 7) is 11.0. The molecular weight excluding hydrogens is 594 g/mol. The van der Waals surface area contributed by atoms with Crippen LogP contribution in [0.5, 0.6) is 0 Å². The Labute approximate surface area is 271 Å². The third-order valence-electron chi connectivity index (χ3n) is 12.5. The molecular formula is C35H53NO10. The van der Waals surface area contributed by atoms with Crippen LogP contribution in [0.15, 0.2) is 23.0 Å². The molecule has 11 nitrogen and oxygen atoms in total. The maximum Gasteiger partial charge on any atom is 0.364 e. The van der Waals surface area contributed by atoms with Crippen LogP contribution >= 0.6 is 0 Å². The molecule has 258 valence electrons. The highest BCUT2D eigenvalue weighted by atomic mass is 16.7. The van der Waals surface area contributed by atoms with Crippen LogP contribution in [0.25, 0.3) is 0 Å². The summed E-state index contributed by atoms with van der Waals surface area (Å²) in [6, 6.07) is -1.53. The maximum absolute atomic E-state index is 13.9. The number of ketones is 1. The van der Waals surface area contributed by atoms with Gasteiger partial charge in [-0.25, -0.2) is 4.79 Å². The normalized spacial score (nSPS) is 49.5. The van der Waals surface area contributed by atoms with E-state index < -0.39 is 71.8 Å². The first-order valence-corrected chi connectivity index (χ1v) is 17.3. The second-order valence-electron chi connectivity index (χ2n) is 15.5. The summed E-state index contributed by atoms with van der Waals surface area (Å²) in [5.74, 6) is -2.44. The van der Waals surface area contributed by atoms with E-state index in [0.717, 1.165) is 37.2 Å². The molecule has 17 atom stereocenters. The van der Waals surface area contributed by atoms with E-state index in [1.165, 1.54) is 0 Å². The number of epoxide rings is 2. The number of hydroxylamine groups is 2. The number of carbonyl (C=O) groups is 2. The van der Waals surface area contributed by atoms with Crippen LogP contribution < -0.4 is 0 Å². The van der Waals surface area contributed by atoms with Crippen molar-refractivity contribution in [3.05, 3.63) is 23.0 Å². The molecule has 2 bridgehead atoms. The molecule has 0 aromatic heterocycles. The summed E-state index contributed by atoms with van der Waals surface area (Å²) >= 11 is 0. The molecule has 0 radical (unpaired) electrons. The molecule has 0 aromatic carbocycles. The van der Waals surface area contributed by atoms with Crippen molar-refractivity contribution < 1.29 is 49.4 Å². The van der Waals surface area contributed by atoms with E-state index in [4.69, 9.17) is 14.3 Å². The minimum absolute atomic E-state index is 0.0221. The molecule has 11 heteroatoms. The van der Waals surface area contributed by atoms with Gasteiger partial charge in [-0.15, -0.1) is 5.06 Å². The second-order valence-corrected chi connectivity index (χ2v) is 15.5. The molecule has 0 aromatic rings. The summed E-state index contributed by atoms with van der Waals surface area (Å²) in [4.78, 5) is 33.4. The summed E-state index contributed by atoms with van der Waals surface area (Å²) in [7, 11) is 0. The number of aliphatic hydroxyl groups is 5. The zero-order valence-electron chi connectivity index (χ0n) is 27.9. The summed E-state index contributed by atoms with van der Waals surface area (Å²) < 4.78 is 12.8. The molecule has 7 rings (SSSR count). The number of nitrogens with zero attached hydrogens (tertiary/aromatic N) is 1. The van der Waals surface area contributed by atoms with Crippen LogP contribution in [0.1, 0.15) is 80.1 Å². The number of rotatable bonds is 3. The largest absolute Gasteiger partial charge is 0.511 e. The molecule has 0 amide bonds. The number of hydrogen-bond donors (Lipinski definition) is 5. The Morgan fingerprint density at radius 2 is 1.72 bits per heavy atom. The molecule has 0 spiro atoms. The molecule has 5 heterocycles. The summed E-state index contributed by atoms with van der Waals surface area (Å²) in [6.07, 6.45) is 0.0892. The standard InChI is InChI=1S/C35H53NO10/c1-7-16(3)27(38)30(41)26-31(42)28(39)17(4)10-8-9-11-21-35(6,45-21)25-24(29(40)23-20(37)14-36(26)46-34(23)43)22-18(5)12-15(2)13-19(22)32-33(25)44-32/h7,15,17-19,21-22,24-28,30-33,38-42H,8-14H2,1-6H3/b16-7+,29-23?. The Morgan fingerprint density at radius 3 is 2.39 bits per heavy atom. The average molecular weight is 648 g/mol. The first-order valence-electron chi connectivity index (χ1n) is 17.3. The van der Waals surface area contributed by atoms with Gasteiger partial charge in [0, 0.05) is 11.8 Å². The van der Waals surface area contributed by atoms with E-state index in [-0.39, 0.29) is 47.7 Å².